The first kappa shape index (κ1) is 49.0. The average molecular weight is 1160 g/mol. The van der Waals surface area contributed by atoms with Gasteiger partial charge in [-0.05, 0) is 75.9 Å². The van der Waals surface area contributed by atoms with Crippen molar-refractivity contribution >= 4 is 103 Å². The molecule has 3 N–H and O–H groups in total. The number of piperazine rings is 1. The number of carbonyl (C=O) groups is 2. The van der Waals surface area contributed by atoms with E-state index in [2.05, 4.69) is 102 Å². The minimum absolute atomic E-state index is 0.00111. The SMILES string of the molecule is C=C1Nc2cc(Br)c(OCCOCCOCCOc3nc(OCCOc4c(Br)cc5c(c4Br)C(=O)C(=C)N5)nc(N4CC[N+](CCCO)(CCCS(=O)(=O)[O-])CC4)n3)c(Br)c2C1=O. The molecule has 0 atom stereocenters. The normalized spacial score (nSPS) is 15.6. The van der Waals surface area contributed by atoms with Crippen LogP contribution in [0.1, 0.15) is 33.6 Å². The Hall–Kier alpha value is -3.46. The zero-order valence-corrected chi connectivity index (χ0v) is 41.1. The number of nitrogens with one attached hydrogen (secondary N) is 2. The largest absolute Gasteiger partial charge is 0.748 e. The third kappa shape index (κ3) is 12.7. The number of allylic oxidation sites excluding steroid dienone is 2. The lowest BCUT2D eigenvalue weighted by Crippen LogP contribution is -2.61. The van der Waals surface area contributed by atoms with Crippen molar-refractivity contribution in [2.75, 3.05) is 120 Å². The molecule has 63 heavy (non-hydrogen) atoms. The van der Waals surface area contributed by atoms with Crippen molar-refractivity contribution in [3.8, 4) is 23.5 Å². The number of fused-ring (bicyclic) bond motifs is 2. The molecule has 4 heterocycles. The number of aliphatic hydroxyl groups excluding tert-OH is 1. The molecule has 6 rings (SSSR count). The Morgan fingerprint density at radius 3 is 1.65 bits per heavy atom. The van der Waals surface area contributed by atoms with Gasteiger partial charge in [-0.25, -0.2) is 8.42 Å². The van der Waals surface area contributed by atoms with Crippen LogP contribution in [0.2, 0.25) is 0 Å². The number of hydrogen-bond donors (Lipinski definition) is 3. The van der Waals surface area contributed by atoms with Crippen molar-refractivity contribution in [1.82, 2.24) is 15.0 Å². The number of Topliss-reactive ketones (excluding diaryl/α,β-unsaturated/α-hetero) is 2. The summed E-state index contributed by atoms with van der Waals surface area (Å²) in [6.45, 7) is 12.2. The molecule has 0 unspecified atom stereocenters. The van der Waals surface area contributed by atoms with Crippen LogP contribution in [-0.2, 0) is 19.6 Å². The van der Waals surface area contributed by atoms with Gasteiger partial charge in [0.15, 0.2) is 0 Å². The first-order valence-electron chi connectivity index (χ1n) is 19.7. The van der Waals surface area contributed by atoms with Crippen LogP contribution in [0.25, 0.3) is 0 Å². The van der Waals surface area contributed by atoms with Gasteiger partial charge < -0.3 is 58.1 Å². The van der Waals surface area contributed by atoms with Gasteiger partial charge >= 0.3 is 12.0 Å². The first-order chi connectivity index (χ1) is 30.1. The number of aromatic nitrogens is 3. The van der Waals surface area contributed by atoms with E-state index in [4.69, 9.17) is 28.4 Å². The molecule has 1 aromatic heterocycles. The van der Waals surface area contributed by atoms with E-state index in [-0.39, 0.29) is 95.2 Å². The molecule has 19 nitrogen and oxygen atoms in total. The number of carbonyl (C=O) groups excluding carboxylic acids is 2. The average Bonchev–Trinajstić information content (AvgIpc) is 3.68. The molecule has 0 radical (unpaired) electrons. The molecule has 0 saturated carbocycles. The van der Waals surface area contributed by atoms with Crippen LogP contribution in [0, 0.1) is 0 Å². The Kier molecular flexibility index (Phi) is 17.2. The lowest BCUT2D eigenvalue weighted by Gasteiger charge is -2.45. The van der Waals surface area contributed by atoms with Crippen molar-refractivity contribution in [1.29, 1.82) is 0 Å². The van der Waals surface area contributed by atoms with Crippen molar-refractivity contribution in [3.63, 3.8) is 0 Å². The molecule has 0 amide bonds. The minimum Gasteiger partial charge on any atom is -0.748 e. The van der Waals surface area contributed by atoms with Crippen LogP contribution in [0.5, 0.6) is 23.5 Å². The number of hydrogen-bond acceptors (Lipinski definition) is 18. The zero-order chi connectivity index (χ0) is 45.3. The maximum atomic E-state index is 12.6. The maximum Gasteiger partial charge on any atom is 0.324 e. The molecule has 24 heteroatoms. The standard InChI is InChI=1S/C39H45Br4N7O12S/c1-23-33(52)29-27(44-23)21-25(40)35(31(29)42)59-16-14-57-12-13-58-15-17-61-38-46-37(49-5-9-50(10-6-49,7-3-11-51)8-4-20-63(54,55)56)47-39(48-38)62-19-18-60-36-26(41)22-28-30(32(36)43)34(53)24(2)45-28/h21-22,51H,1-20H2,(H2-,44,45,52,53,54,55,56). The Balaban J connectivity index is 1.01. The number of aliphatic hydroxyl groups is 1. The summed E-state index contributed by atoms with van der Waals surface area (Å²) in [7, 11) is -4.35. The Labute approximate surface area is 397 Å². The summed E-state index contributed by atoms with van der Waals surface area (Å²) in [5, 5.41) is 15.5. The summed E-state index contributed by atoms with van der Waals surface area (Å²) in [5.41, 5.74) is 2.69. The number of nitrogens with zero attached hydrogens (tertiary/aromatic N) is 5. The molecule has 0 spiro atoms. The highest BCUT2D eigenvalue weighted by molar-refractivity contribution is 9.11. The summed E-state index contributed by atoms with van der Waals surface area (Å²) in [6, 6.07) is 3.48. The monoisotopic (exact) mass is 1150 g/mol. The molecule has 1 saturated heterocycles. The van der Waals surface area contributed by atoms with Crippen molar-refractivity contribution < 1.29 is 60.6 Å². The third-order valence-corrected chi connectivity index (χ3v) is 13.6. The highest BCUT2D eigenvalue weighted by Gasteiger charge is 2.34. The number of rotatable bonds is 24. The predicted molar refractivity (Wildman–Crippen MR) is 244 cm³/mol. The summed E-state index contributed by atoms with van der Waals surface area (Å²) in [4.78, 5) is 40.5. The van der Waals surface area contributed by atoms with Gasteiger partial charge in [0.05, 0.1) is 128 Å². The fourth-order valence-electron chi connectivity index (χ4n) is 7.07. The second-order valence-electron chi connectivity index (χ2n) is 14.4. The van der Waals surface area contributed by atoms with Gasteiger partial charge in [0, 0.05) is 25.2 Å². The number of anilines is 3. The van der Waals surface area contributed by atoms with Crippen LogP contribution in [0.3, 0.4) is 0 Å². The van der Waals surface area contributed by atoms with Crippen LogP contribution in [0.15, 0.2) is 54.6 Å². The minimum atomic E-state index is -4.35. The Morgan fingerprint density at radius 1 is 0.714 bits per heavy atom. The van der Waals surface area contributed by atoms with Crippen LogP contribution < -0.4 is 34.5 Å². The molecular weight excluding hydrogens is 1110 g/mol. The van der Waals surface area contributed by atoms with E-state index in [0.29, 0.717) is 114 Å². The number of benzene rings is 2. The lowest BCUT2D eigenvalue weighted by atomic mass is 10.1. The van der Waals surface area contributed by atoms with Gasteiger partial charge in [-0.2, -0.15) is 9.97 Å². The van der Waals surface area contributed by atoms with E-state index in [9.17, 15) is 27.7 Å². The molecule has 3 aliphatic rings. The Morgan fingerprint density at radius 2 is 1.16 bits per heavy atom. The molecule has 3 aliphatic heterocycles. The molecular formula is C39H45Br4N7O12S. The van der Waals surface area contributed by atoms with Crippen molar-refractivity contribution in [3.05, 3.63) is 65.7 Å². The van der Waals surface area contributed by atoms with Crippen molar-refractivity contribution in [2.24, 2.45) is 0 Å². The molecule has 1 fully saturated rings. The second kappa shape index (κ2) is 22.2. The van der Waals surface area contributed by atoms with E-state index in [1.54, 1.807) is 12.1 Å². The predicted octanol–water partition coefficient (Wildman–Crippen LogP) is 5.07. The fraction of sp³-hybridized carbons (Fsp3) is 0.462. The highest BCUT2D eigenvalue weighted by Crippen LogP contribution is 2.45. The van der Waals surface area contributed by atoms with Crippen molar-refractivity contribution in [2.45, 2.75) is 12.8 Å². The van der Waals surface area contributed by atoms with Gasteiger partial charge in [0.2, 0.25) is 17.5 Å². The maximum absolute atomic E-state index is 12.6. The third-order valence-electron chi connectivity index (χ3n) is 10.2. The number of halogens is 4. The van der Waals surface area contributed by atoms with Crippen LogP contribution in [-0.4, -0.2) is 154 Å². The van der Waals surface area contributed by atoms with E-state index < -0.39 is 15.9 Å². The summed E-state index contributed by atoms with van der Waals surface area (Å²) in [6.07, 6.45) is 0.749. The smallest absolute Gasteiger partial charge is 0.324 e. The van der Waals surface area contributed by atoms with Crippen LogP contribution >= 0.6 is 63.7 Å². The van der Waals surface area contributed by atoms with Gasteiger partial charge in [0.25, 0.3) is 0 Å². The van der Waals surface area contributed by atoms with E-state index in [1.807, 2.05) is 4.90 Å². The summed E-state index contributed by atoms with van der Waals surface area (Å²) >= 11 is 13.9. The number of ketones is 2. The summed E-state index contributed by atoms with van der Waals surface area (Å²) < 4.78 is 71.8. The highest BCUT2D eigenvalue weighted by atomic mass is 79.9. The van der Waals surface area contributed by atoms with E-state index in [0.717, 1.165) is 0 Å². The topological polar surface area (TPSA) is 233 Å². The second-order valence-corrected chi connectivity index (χ2v) is 19.3. The number of quaternary nitrogens is 1. The van der Waals surface area contributed by atoms with Gasteiger partial charge in [-0.15, -0.1) is 4.98 Å². The fourth-order valence-corrected chi connectivity index (χ4v) is 10.6. The lowest BCUT2D eigenvalue weighted by molar-refractivity contribution is -0.928. The molecule has 342 valence electrons. The van der Waals surface area contributed by atoms with Gasteiger partial charge in [-0.1, -0.05) is 13.2 Å². The van der Waals surface area contributed by atoms with E-state index >= 15 is 0 Å². The molecule has 0 bridgehead atoms. The molecule has 0 aliphatic carbocycles. The van der Waals surface area contributed by atoms with Gasteiger partial charge in [-0.3, -0.25) is 9.59 Å². The summed E-state index contributed by atoms with van der Waals surface area (Å²) in [5.74, 6) is 0.302. The first-order valence-corrected chi connectivity index (χ1v) is 24.5. The number of ether oxygens (including phenoxy) is 6. The Bertz CT molecular complexity index is 2330. The van der Waals surface area contributed by atoms with Crippen LogP contribution in [0.4, 0.5) is 17.3 Å². The quantitative estimate of drug-likeness (QED) is 0.0460. The molecule has 3 aromatic rings. The molecule has 2 aromatic carbocycles. The zero-order valence-electron chi connectivity index (χ0n) is 33.9. The van der Waals surface area contributed by atoms with Gasteiger partial charge in [0.1, 0.15) is 37.9 Å². The van der Waals surface area contributed by atoms with E-state index in [1.165, 1.54) is 0 Å².